The van der Waals surface area contributed by atoms with E-state index in [1.54, 1.807) is 30.2 Å². The van der Waals surface area contributed by atoms with Crippen LogP contribution in [0, 0.1) is 11.2 Å². The van der Waals surface area contributed by atoms with Crippen molar-refractivity contribution in [2.45, 2.75) is 39.4 Å². The average molecular weight is 499 g/mol. The molecule has 1 aromatic heterocycles. The van der Waals surface area contributed by atoms with Crippen molar-refractivity contribution in [2.24, 2.45) is 5.41 Å². The van der Waals surface area contributed by atoms with Crippen LogP contribution in [0.4, 0.5) is 23.2 Å². The molecule has 35 heavy (non-hydrogen) atoms. The summed E-state index contributed by atoms with van der Waals surface area (Å²) in [7, 11) is 0. The van der Waals surface area contributed by atoms with Gasteiger partial charge in [0.2, 0.25) is 11.3 Å². The molecule has 0 aliphatic carbocycles. The molecule has 0 spiro atoms. The Morgan fingerprint density at radius 2 is 1.97 bits per heavy atom. The van der Waals surface area contributed by atoms with Gasteiger partial charge in [-0.3, -0.25) is 9.59 Å². The summed E-state index contributed by atoms with van der Waals surface area (Å²) < 4.78 is 60.7. The fraction of sp³-hybridized carbons (Fsp3) is 0.522. The van der Waals surface area contributed by atoms with E-state index in [0.717, 1.165) is 11.0 Å². The number of carbonyl (C=O) groups is 2. The van der Waals surface area contributed by atoms with Gasteiger partial charge in [0.05, 0.1) is 16.9 Å². The summed E-state index contributed by atoms with van der Waals surface area (Å²) in [5.41, 5.74) is -1.48. The number of hydrogen-bond acceptors (Lipinski definition) is 5. The Bertz CT molecular complexity index is 1270. The Kier molecular flexibility index (Phi) is 5.97. The van der Waals surface area contributed by atoms with Crippen molar-refractivity contribution < 1.29 is 37.0 Å². The summed E-state index contributed by atoms with van der Waals surface area (Å²) in [6, 6.07) is 0.697. The largest absolute Gasteiger partial charge is 0.487 e. The first-order valence-electron chi connectivity index (χ1n) is 11.1. The van der Waals surface area contributed by atoms with Crippen LogP contribution in [0.25, 0.3) is 10.9 Å². The van der Waals surface area contributed by atoms with Gasteiger partial charge in [0, 0.05) is 37.8 Å². The standard InChI is InChI=1S/C23H25F4N3O5/c1-4-28(16(31)6-23(25,26)27)9-22(3)10-29(11-22)18-15(24)5-13-17-20(18)35-8-12(2)30(17)7-14(19(13)32)21(33)34/h5,7,12H,4,6,8-11H2,1-3H3,(H,33,34)/t12-/m1/s1. The van der Waals surface area contributed by atoms with Crippen molar-refractivity contribution in [3.8, 4) is 5.75 Å². The minimum absolute atomic E-state index is 0.0734. The van der Waals surface area contributed by atoms with E-state index in [-0.39, 0.29) is 55.7 Å². The quantitative estimate of drug-likeness (QED) is 0.613. The first-order chi connectivity index (χ1) is 16.2. The van der Waals surface area contributed by atoms with E-state index in [9.17, 15) is 32.7 Å². The highest BCUT2D eigenvalue weighted by Gasteiger charge is 2.44. The highest BCUT2D eigenvalue weighted by molar-refractivity contribution is 5.97. The number of nitrogens with zero attached hydrogens (tertiary/aromatic N) is 3. The number of carbonyl (C=O) groups excluding carboxylic acids is 1. The van der Waals surface area contributed by atoms with Gasteiger partial charge in [0.1, 0.15) is 24.3 Å². The maximum absolute atomic E-state index is 15.3. The van der Waals surface area contributed by atoms with Gasteiger partial charge >= 0.3 is 12.1 Å². The first kappa shape index (κ1) is 24.8. The third kappa shape index (κ3) is 4.41. The van der Waals surface area contributed by atoms with Crippen molar-refractivity contribution in [3.63, 3.8) is 0 Å². The normalized spacial score (nSPS) is 18.7. The number of carboxylic acid groups (broad SMARTS) is 1. The van der Waals surface area contributed by atoms with Crippen LogP contribution in [-0.4, -0.2) is 65.4 Å². The van der Waals surface area contributed by atoms with Crippen LogP contribution in [0.2, 0.25) is 0 Å². The number of hydrogen-bond donors (Lipinski definition) is 1. The predicted octanol–water partition coefficient (Wildman–Crippen LogP) is 3.42. The molecule has 1 N–H and O–H groups in total. The zero-order chi connectivity index (χ0) is 25.9. The van der Waals surface area contributed by atoms with Gasteiger partial charge < -0.3 is 24.2 Å². The Morgan fingerprint density at radius 1 is 1.31 bits per heavy atom. The Balaban J connectivity index is 1.66. The summed E-state index contributed by atoms with van der Waals surface area (Å²) in [6.07, 6.45) is -4.90. The lowest BCUT2D eigenvalue weighted by molar-refractivity contribution is -0.162. The Hall–Kier alpha value is -3.31. The van der Waals surface area contributed by atoms with Crippen molar-refractivity contribution in [3.05, 3.63) is 33.9 Å². The summed E-state index contributed by atoms with van der Waals surface area (Å²) >= 11 is 0. The number of rotatable bonds is 6. The van der Waals surface area contributed by atoms with Crippen LogP contribution in [0.3, 0.4) is 0 Å². The number of aromatic carboxylic acids is 1. The molecule has 0 saturated carbocycles. The highest BCUT2D eigenvalue weighted by Crippen LogP contribution is 2.46. The van der Waals surface area contributed by atoms with E-state index in [1.165, 1.54) is 6.20 Å². The number of amides is 1. The molecule has 0 radical (unpaired) electrons. The van der Waals surface area contributed by atoms with E-state index in [2.05, 4.69) is 0 Å². The Morgan fingerprint density at radius 3 is 2.54 bits per heavy atom. The molecule has 8 nitrogen and oxygen atoms in total. The number of aromatic nitrogens is 1. The van der Waals surface area contributed by atoms with Gasteiger partial charge in [-0.1, -0.05) is 6.92 Å². The van der Waals surface area contributed by atoms with Crippen LogP contribution >= 0.6 is 0 Å². The topological polar surface area (TPSA) is 92.1 Å². The second kappa shape index (κ2) is 8.42. The van der Waals surface area contributed by atoms with Gasteiger partial charge in [0.25, 0.3) is 0 Å². The van der Waals surface area contributed by atoms with E-state index in [0.29, 0.717) is 5.52 Å². The van der Waals surface area contributed by atoms with Crippen LogP contribution in [-0.2, 0) is 4.79 Å². The number of ether oxygens (including phenoxy) is 1. The molecule has 2 aromatic rings. The van der Waals surface area contributed by atoms with Crippen molar-refractivity contribution in [2.75, 3.05) is 37.7 Å². The van der Waals surface area contributed by atoms with Gasteiger partial charge in [0.15, 0.2) is 11.6 Å². The molecule has 1 saturated heterocycles. The molecule has 0 bridgehead atoms. The zero-order valence-corrected chi connectivity index (χ0v) is 19.4. The zero-order valence-electron chi connectivity index (χ0n) is 19.4. The second-order valence-electron chi connectivity index (χ2n) is 9.54. The molecule has 12 heteroatoms. The molecule has 0 unspecified atom stereocenters. The number of halogens is 4. The minimum Gasteiger partial charge on any atom is -0.487 e. The summed E-state index contributed by atoms with van der Waals surface area (Å²) in [4.78, 5) is 39.1. The average Bonchev–Trinajstić information content (AvgIpc) is 2.72. The fourth-order valence-electron chi connectivity index (χ4n) is 4.91. The third-order valence-corrected chi connectivity index (χ3v) is 6.49. The van der Waals surface area contributed by atoms with Crippen molar-refractivity contribution >= 4 is 28.5 Å². The van der Waals surface area contributed by atoms with Gasteiger partial charge in [-0.2, -0.15) is 13.2 Å². The van der Waals surface area contributed by atoms with Gasteiger partial charge in [-0.25, -0.2) is 9.18 Å². The van der Waals surface area contributed by atoms with Crippen LogP contribution < -0.4 is 15.1 Å². The Labute approximate surface area is 197 Å². The van der Waals surface area contributed by atoms with E-state index in [4.69, 9.17) is 4.74 Å². The monoisotopic (exact) mass is 499 g/mol. The lowest BCUT2D eigenvalue weighted by Gasteiger charge is -2.51. The summed E-state index contributed by atoms with van der Waals surface area (Å²) in [6.45, 7) is 5.98. The SMILES string of the molecule is CCN(CC1(C)CN(c2c(F)cc3c(=O)c(C(=O)O)cn4c3c2OC[C@H]4C)C1)C(=O)CC(F)(F)F. The summed E-state index contributed by atoms with van der Waals surface area (Å²) in [5, 5.41) is 9.29. The molecule has 1 amide bonds. The van der Waals surface area contributed by atoms with Crippen LogP contribution in [0.1, 0.15) is 43.6 Å². The highest BCUT2D eigenvalue weighted by atomic mass is 19.4. The molecule has 1 aromatic carbocycles. The number of anilines is 1. The maximum Gasteiger partial charge on any atom is 0.397 e. The molecule has 1 atom stereocenters. The third-order valence-electron chi connectivity index (χ3n) is 6.49. The van der Waals surface area contributed by atoms with Crippen molar-refractivity contribution in [1.29, 1.82) is 0 Å². The number of pyridine rings is 1. The lowest BCUT2D eigenvalue weighted by Crippen LogP contribution is -2.60. The maximum atomic E-state index is 15.3. The fourth-order valence-corrected chi connectivity index (χ4v) is 4.91. The van der Waals surface area contributed by atoms with Crippen LogP contribution in [0.5, 0.6) is 5.75 Å². The molecule has 3 heterocycles. The van der Waals surface area contributed by atoms with Gasteiger partial charge in [-0.05, 0) is 19.9 Å². The van der Waals surface area contributed by atoms with E-state index >= 15 is 4.39 Å². The summed E-state index contributed by atoms with van der Waals surface area (Å²) in [5.74, 6) is -3.07. The molecular formula is C23H25F4N3O5. The molecular weight excluding hydrogens is 474 g/mol. The molecule has 2 aliphatic rings. The smallest absolute Gasteiger partial charge is 0.397 e. The lowest BCUT2D eigenvalue weighted by atomic mass is 9.80. The van der Waals surface area contributed by atoms with Gasteiger partial charge in [-0.15, -0.1) is 0 Å². The first-order valence-corrected chi connectivity index (χ1v) is 11.1. The molecule has 2 aliphatic heterocycles. The second-order valence-corrected chi connectivity index (χ2v) is 9.54. The van der Waals surface area contributed by atoms with E-state index in [1.807, 2.05) is 0 Å². The van der Waals surface area contributed by atoms with Crippen molar-refractivity contribution in [1.82, 2.24) is 9.47 Å². The molecule has 4 rings (SSSR count). The minimum atomic E-state index is -4.60. The van der Waals surface area contributed by atoms with Crippen LogP contribution in [0.15, 0.2) is 17.1 Å². The van der Waals surface area contributed by atoms with E-state index < -0.39 is 46.7 Å². The number of carboxylic acids is 1. The number of benzene rings is 1. The molecule has 1 fully saturated rings. The predicted molar refractivity (Wildman–Crippen MR) is 119 cm³/mol. The molecule has 190 valence electrons. The number of alkyl halides is 3.